The summed E-state index contributed by atoms with van der Waals surface area (Å²) in [5, 5.41) is 0. The van der Waals surface area contributed by atoms with E-state index in [1.807, 2.05) is 4.90 Å². The maximum Gasteiger partial charge on any atom is 0.257 e. The van der Waals surface area contributed by atoms with Crippen molar-refractivity contribution in [2.45, 2.75) is 56.4 Å². The minimum Gasteiger partial charge on any atom is -0.339 e. The molecule has 30 heavy (non-hydrogen) atoms. The molecule has 1 aromatic heterocycles. The van der Waals surface area contributed by atoms with Gasteiger partial charge < -0.3 is 4.90 Å². The zero-order chi connectivity index (χ0) is 21.1. The SMILES string of the molecule is Cc1ncc(C(=O)N2CCCCC2)c([C@@H]2CCCCN2S(=O)(=O)c2ccccc2)n1. The predicted molar refractivity (Wildman–Crippen MR) is 113 cm³/mol. The van der Waals surface area contributed by atoms with Gasteiger partial charge in [-0.1, -0.05) is 24.6 Å². The van der Waals surface area contributed by atoms with E-state index >= 15 is 0 Å². The minimum absolute atomic E-state index is 0.0904. The van der Waals surface area contributed by atoms with E-state index in [0.29, 0.717) is 30.0 Å². The zero-order valence-electron chi connectivity index (χ0n) is 17.3. The fraction of sp³-hybridized carbons (Fsp3) is 0.500. The van der Waals surface area contributed by atoms with Crippen LogP contribution in [-0.2, 0) is 10.0 Å². The van der Waals surface area contributed by atoms with Crippen molar-refractivity contribution in [2.75, 3.05) is 19.6 Å². The molecule has 2 aliphatic heterocycles. The summed E-state index contributed by atoms with van der Waals surface area (Å²) in [5.41, 5.74) is 0.972. The average molecular weight is 429 g/mol. The van der Waals surface area contributed by atoms with Crippen molar-refractivity contribution >= 4 is 15.9 Å². The van der Waals surface area contributed by atoms with Crippen LogP contribution in [0.5, 0.6) is 0 Å². The van der Waals surface area contributed by atoms with Crippen LogP contribution in [-0.4, -0.2) is 53.1 Å². The summed E-state index contributed by atoms with van der Waals surface area (Å²) in [6.45, 7) is 3.64. The van der Waals surface area contributed by atoms with Crippen LogP contribution >= 0.6 is 0 Å². The van der Waals surface area contributed by atoms with Crippen molar-refractivity contribution < 1.29 is 13.2 Å². The van der Waals surface area contributed by atoms with Crippen LogP contribution in [0, 0.1) is 6.92 Å². The minimum atomic E-state index is -3.69. The molecule has 3 heterocycles. The second kappa shape index (κ2) is 8.81. The van der Waals surface area contributed by atoms with Gasteiger partial charge in [-0.2, -0.15) is 4.31 Å². The van der Waals surface area contributed by atoms with Crippen molar-refractivity contribution in [3.05, 3.63) is 53.6 Å². The monoisotopic (exact) mass is 428 g/mol. The van der Waals surface area contributed by atoms with Crippen molar-refractivity contribution in [2.24, 2.45) is 0 Å². The first-order valence-electron chi connectivity index (χ1n) is 10.7. The molecule has 4 rings (SSSR count). The number of carbonyl (C=O) groups excluding carboxylic acids is 1. The van der Waals surface area contributed by atoms with E-state index in [1.165, 1.54) is 4.31 Å². The molecule has 0 spiro atoms. The van der Waals surface area contributed by atoms with E-state index in [4.69, 9.17) is 0 Å². The number of hydrogen-bond acceptors (Lipinski definition) is 5. The van der Waals surface area contributed by atoms with Crippen LogP contribution < -0.4 is 0 Å². The Morgan fingerprint density at radius 1 is 1.00 bits per heavy atom. The topological polar surface area (TPSA) is 83.5 Å². The summed E-state index contributed by atoms with van der Waals surface area (Å²) in [4.78, 5) is 24.3. The van der Waals surface area contributed by atoms with E-state index in [2.05, 4.69) is 9.97 Å². The quantitative estimate of drug-likeness (QED) is 0.746. The number of carbonyl (C=O) groups is 1. The van der Waals surface area contributed by atoms with Crippen LogP contribution in [0.25, 0.3) is 0 Å². The van der Waals surface area contributed by atoms with Crippen LogP contribution in [0.15, 0.2) is 41.4 Å². The lowest BCUT2D eigenvalue weighted by Gasteiger charge is -2.35. The van der Waals surface area contributed by atoms with Crippen LogP contribution in [0.4, 0.5) is 0 Å². The molecular weight excluding hydrogens is 400 g/mol. The van der Waals surface area contributed by atoms with Gasteiger partial charge in [0.15, 0.2) is 0 Å². The summed E-state index contributed by atoms with van der Waals surface area (Å²) >= 11 is 0. The highest BCUT2D eigenvalue weighted by atomic mass is 32.2. The van der Waals surface area contributed by atoms with Crippen molar-refractivity contribution in [3.8, 4) is 0 Å². The normalized spacial score (nSPS) is 20.8. The smallest absolute Gasteiger partial charge is 0.257 e. The van der Waals surface area contributed by atoms with Crippen LogP contribution in [0.2, 0.25) is 0 Å². The van der Waals surface area contributed by atoms with Gasteiger partial charge in [0.1, 0.15) is 5.82 Å². The van der Waals surface area contributed by atoms with Crippen molar-refractivity contribution in [1.29, 1.82) is 0 Å². The number of sulfonamides is 1. The number of hydrogen-bond donors (Lipinski definition) is 0. The molecule has 0 N–H and O–H groups in total. The zero-order valence-corrected chi connectivity index (χ0v) is 18.1. The molecule has 0 bridgehead atoms. The second-order valence-electron chi connectivity index (χ2n) is 8.01. The molecule has 7 nitrogen and oxygen atoms in total. The number of amides is 1. The van der Waals surface area contributed by atoms with Crippen molar-refractivity contribution in [1.82, 2.24) is 19.2 Å². The molecule has 2 fully saturated rings. The van der Waals surface area contributed by atoms with Gasteiger partial charge >= 0.3 is 0 Å². The number of aromatic nitrogens is 2. The third-order valence-electron chi connectivity index (χ3n) is 5.93. The van der Waals surface area contributed by atoms with Gasteiger partial charge in [0.05, 0.1) is 22.2 Å². The van der Waals surface area contributed by atoms with Gasteiger partial charge in [-0.25, -0.2) is 18.4 Å². The maximum atomic E-state index is 13.4. The third kappa shape index (κ3) is 4.11. The Kier molecular flexibility index (Phi) is 6.15. The van der Waals surface area contributed by atoms with Gasteiger partial charge in [0.2, 0.25) is 10.0 Å². The lowest BCUT2D eigenvalue weighted by atomic mass is 9.97. The van der Waals surface area contributed by atoms with E-state index in [-0.39, 0.29) is 10.8 Å². The van der Waals surface area contributed by atoms with E-state index < -0.39 is 16.1 Å². The number of piperidine rings is 2. The first kappa shape index (κ1) is 20.9. The van der Waals surface area contributed by atoms with E-state index in [9.17, 15) is 13.2 Å². The van der Waals surface area contributed by atoms with Crippen LogP contribution in [0.1, 0.15) is 66.4 Å². The molecule has 0 saturated carbocycles. The van der Waals surface area contributed by atoms with Crippen LogP contribution in [0.3, 0.4) is 0 Å². The van der Waals surface area contributed by atoms with Gasteiger partial charge in [-0.05, 0) is 51.2 Å². The van der Waals surface area contributed by atoms with Crippen molar-refractivity contribution in [3.63, 3.8) is 0 Å². The van der Waals surface area contributed by atoms with Gasteiger partial charge in [-0.15, -0.1) is 0 Å². The largest absolute Gasteiger partial charge is 0.339 e. The lowest BCUT2D eigenvalue weighted by Crippen LogP contribution is -2.41. The Labute approximate surface area is 178 Å². The molecule has 2 aromatic rings. The molecule has 1 amide bonds. The highest BCUT2D eigenvalue weighted by Crippen LogP contribution is 2.36. The summed E-state index contributed by atoms with van der Waals surface area (Å²) < 4.78 is 28.4. The van der Waals surface area contributed by atoms with E-state index in [0.717, 1.165) is 45.2 Å². The first-order chi connectivity index (χ1) is 14.5. The summed E-state index contributed by atoms with van der Waals surface area (Å²) in [6.07, 6.45) is 7.03. The Bertz CT molecular complexity index is 1000. The van der Waals surface area contributed by atoms with E-state index in [1.54, 1.807) is 43.5 Å². The molecule has 2 saturated heterocycles. The second-order valence-corrected chi connectivity index (χ2v) is 9.90. The number of aryl methyl sites for hydroxylation is 1. The Hall–Kier alpha value is -2.32. The molecule has 160 valence electrons. The van der Waals surface area contributed by atoms with Gasteiger partial charge in [0, 0.05) is 25.8 Å². The number of likely N-dealkylation sites (tertiary alicyclic amines) is 1. The fourth-order valence-electron chi connectivity index (χ4n) is 4.37. The number of nitrogens with zero attached hydrogens (tertiary/aromatic N) is 4. The molecule has 0 radical (unpaired) electrons. The summed E-state index contributed by atoms with van der Waals surface area (Å²) in [7, 11) is -3.69. The summed E-state index contributed by atoms with van der Waals surface area (Å²) in [6, 6.07) is 8.03. The average Bonchev–Trinajstić information content (AvgIpc) is 2.80. The first-order valence-corrected chi connectivity index (χ1v) is 12.1. The lowest BCUT2D eigenvalue weighted by molar-refractivity contribution is 0.0719. The fourth-order valence-corrected chi connectivity index (χ4v) is 6.05. The van der Waals surface area contributed by atoms with Gasteiger partial charge in [-0.3, -0.25) is 4.79 Å². The molecule has 8 heteroatoms. The van der Waals surface area contributed by atoms with Gasteiger partial charge in [0.25, 0.3) is 5.91 Å². The molecule has 0 aliphatic carbocycles. The molecule has 1 atom stereocenters. The Morgan fingerprint density at radius 3 is 2.43 bits per heavy atom. The molecule has 2 aliphatic rings. The maximum absolute atomic E-state index is 13.4. The Morgan fingerprint density at radius 2 is 1.70 bits per heavy atom. The molecule has 0 unspecified atom stereocenters. The Balaban J connectivity index is 1.74. The third-order valence-corrected chi connectivity index (χ3v) is 7.85. The molecular formula is C22H28N4O3S. The number of benzene rings is 1. The highest BCUT2D eigenvalue weighted by Gasteiger charge is 2.38. The summed E-state index contributed by atoms with van der Waals surface area (Å²) in [5.74, 6) is 0.454. The standard InChI is InChI=1S/C22H28N4O3S/c1-17-23-16-19(22(27)25-13-7-3-8-14-25)21(24-17)20-12-6-9-15-26(20)30(28,29)18-10-4-2-5-11-18/h2,4-5,10-11,16,20H,3,6-9,12-15H2,1H3/t20-/m0/s1. The number of rotatable bonds is 4. The highest BCUT2D eigenvalue weighted by molar-refractivity contribution is 7.89. The predicted octanol–water partition coefficient (Wildman–Crippen LogP) is 3.33. The molecule has 1 aromatic carbocycles.